The lowest BCUT2D eigenvalue weighted by atomic mass is 9.99. The molecule has 2 aromatic carbocycles. The number of nitrogens with one attached hydrogen (secondary N) is 1. The molecule has 7 rings (SSSR count). The molecule has 0 atom stereocenters. The van der Waals surface area contributed by atoms with Crippen molar-refractivity contribution in [1.82, 2.24) is 34.9 Å². The van der Waals surface area contributed by atoms with Crippen LogP contribution in [0.15, 0.2) is 61.3 Å². The standard InChI is InChI=1S/C31H29ClN8O2/c1-3-27(41)39-13-15-40(16-14-39)30-21-7-9-25(28-22-17-33-37-24(22)10-8-23(28)32)34-29(21)35-31(36-30)42-26-6-4-5-19-18-38(2)12-11-20(19)26/h3-10,17H,1,11-16,18H2,2H3,(H,33,37). The van der Waals surface area contributed by atoms with Crippen LogP contribution < -0.4 is 9.64 Å². The van der Waals surface area contributed by atoms with E-state index in [1.807, 2.05) is 36.4 Å². The zero-order valence-corrected chi connectivity index (χ0v) is 23.9. The van der Waals surface area contributed by atoms with Crippen LogP contribution in [-0.4, -0.2) is 80.6 Å². The van der Waals surface area contributed by atoms with Crippen molar-refractivity contribution in [1.29, 1.82) is 0 Å². The number of H-pyrrole nitrogens is 1. The van der Waals surface area contributed by atoms with Crippen LogP contribution in [0.5, 0.6) is 11.8 Å². The van der Waals surface area contributed by atoms with Crippen molar-refractivity contribution in [3.05, 3.63) is 77.5 Å². The Morgan fingerprint density at radius 2 is 1.88 bits per heavy atom. The van der Waals surface area contributed by atoms with Gasteiger partial charge >= 0.3 is 6.01 Å². The van der Waals surface area contributed by atoms with E-state index in [-0.39, 0.29) is 11.9 Å². The van der Waals surface area contributed by atoms with Crippen LogP contribution in [-0.2, 0) is 17.8 Å². The van der Waals surface area contributed by atoms with Crippen molar-refractivity contribution in [2.45, 2.75) is 13.0 Å². The average Bonchev–Trinajstić information content (AvgIpc) is 3.49. The summed E-state index contributed by atoms with van der Waals surface area (Å²) in [6, 6.07) is 14.0. The van der Waals surface area contributed by atoms with Crippen LogP contribution in [0.2, 0.25) is 5.02 Å². The normalized spacial score (nSPS) is 15.7. The highest BCUT2D eigenvalue weighted by molar-refractivity contribution is 6.35. The summed E-state index contributed by atoms with van der Waals surface area (Å²) in [4.78, 5) is 33.1. The first-order chi connectivity index (χ1) is 20.5. The SMILES string of the molecule is C=CC(=O)N1CCN(c2nc(Oc3cccc4c3CCN(C)C4)nc3nc(-c4c(Cl)ccc5[nH]ncc45)ccc23)CC1. The number of hydrogen-bond donors (Lipinski definition) is 1. The summed E-state index contributed by atoms with van der Waals surface area (Å²) in [7, 11) is 2.12. The Hall–Kier alpha value is -4.54. The van der Waals surface area contributed by atoms with E-state index in [1.54, 1.807) is 11.1 Å². The van der Waals surface area contributed by atoms with E-state index < -0.39 is 0 Å². The number of pyridine rings is 1. The minimum atomic E-state index is -0.0673. The number of carbonyl (C=O) groups excluding carboxylic acids is 1. The van der Waals surface area contributed by atoms with Gasteiger partial charge in [0.1, 0.15) is 11.6 Å². The first-order valence-electron chi connectivity index (χ1n) is 13.9. The molecule has 1 N–H and O–H groups in total. The number of carbonyl (C=O) groups is 1. The van der Waals surface area contributed by atoms with E-state index in [4.69, 9.17) is 31.3 Å². The summed E-state index contributed by atoms with van der Waals surface area (Å²) in [5, 5.41) is 9.44. The van der Waals surface area contributed by atoms with E-state index in [2.05, 4.69) is 39.7 Å². The van der Waals surface area contributed by atoms with Gasteiger partial charge < -0.3 is 19.4 Å². The van der Waals surface area contributed by atoms with Crippen LogP contribution >= 0.6 is 11.6 Å². The molecule has 42 heavy (non-hydrogen) atoms. The number of fused-ring (bicyclic) bond motifs is 3. The highest BCUT2D eigenvalue weighted by atomic mass is 35.5. The molecule has 3 aromatic heterocycles. The Morgan fingerprint density at radius 3 is 2.71 bits per heavy atom. The van der Waals surface area contributed by atoms with E-state index in [0.29, 0.717) is 42.5 Å². The zero-order valence-electron chi connectivity index (χ0n) is 23.2. The molecule has 212 valence electrons. The second kappa shape index (κ2) is 10.7. The summed E-state index contributed by atoms with van der Waals surface area (Å²) < 4.78 is 6.43. The van der Waals surface area contributed by atoms with Gasteiger partial charge in [-0.3, -0.25) is 9.89 Å². The Bertz CT molecular complexity index is 1850. The largest absolute Gasteiger partial charge is 0.424 e. The van der Waals surface area contributed by atoms with Gasteiger partial charge in [-0.1, -0.05) is 30.3 Å². The quantitative estimate of drug-likeness (QED) is 0.295. The number of anilines is 1. The van der Waals surface area contributed by atoms with Crippen LogP contribution in [0.1, 0.15) is 11.1 Å². The predicted octanol–water partition coefficient (Wildman–Crippen LogP) is 4.84. The fourth-order valence-corrected chi connectivity index (χ4v) is 6.09. The van der Waals surface area contributed by atoms with Gasteiger partial charge in [-0.05, 0) is 55.4 Å². The Balaban J connectivity index is 1.33. The number of benzene rings is 2. The van der Waals surface area contributed by atoms with Crippen molar-refractivity contribution >= 4 is 45.3 Å². The Morgan fingerprint density at radius 1 is 1.02 bits per heavy atom. The zero-order chi connectivity index (χ0) is 28.8. The van der Waals surface area contributed by atoms with Gasteiger partial charge in [0, 0.05) is 55.8 Å². The van der Waals surface area contributed by atoms with Gasteiger partial charge in [-0.2, -0.15) is 15.1 Å². The molecule has 5 heterocycles. The van der Waals surface area contributed by atoms with Gasteiger partial charge in [0.05, 0.1) is 27.8 Å². The summed E-state index contributed by atoms with van der Waals surface area (Å²) in [5.41, 5.74) is 5.25. The van der Waals surface area contributed by atoms with Gasteiger partial charge in [-0.15, -0.1) is 0 Å². The monoisotopic (exact) mass is 580 g/mol. The molecule has 10 nitrogen and oxygen atoms in total. The van der Waals surface area contributed by atoms with Gasteiger partial charge in [0.15, 0.2) is 5.65 Å². The molecule has 1 amide bonds. The molecule has 0 unspecified atom stereocenters. The van der Waals surface area contributed by atoms with Crippen molar-refractivity contribution in [3.8, 4) is 23.0 Å². The van der Waals surface area contributed by atoms with Crippen molar-refractivity contribution in [2.24, 2.45) is 0 Å². The number of likely N-dealkylation sites (N-methyl/N-ethyl adjacent to an activating group) is 1. The molecular formula is C31H29ClN8O2. The predicted molar refractivity (Wildman–Crippen MR) is 163 cm³/mol. The number of nitrogens with zero attached hydrogens (tertiary/aromatic N) is 7. The van der Waals surface area contributed by atoms with Crippen LogP contribution in [0.25, 0.3) is 33.2 Å². The maximum Gasteiger partial charge on any atom is 0.326 e. The first kappa shape index (κ1) is 26.4. The molecule has 1 saturated heterocycles. The van der Waals surface area contributed by atoms with Crippen molar-refractivity contribution in [2.75, 3.05) is 44.7 Å². The molecule has 0 spiro atoms. The number of halogens is 1. The van der Waals surface area contributed by atoms with E-state index in [1.165, 1.54) is 17.2 Å². The van der Waals surface area contributed by atoms with E-state index >= 15 is 0 Å². The second-order valence-electron chi connectivity index (χ2n) is 10.7. The summed E-state index contributed by atoms with van der Waals surface area (Å²) in [6.07, 6.45) is 4.00. The van der Waals surface area contributed by atoms with E-state index in [9.17, 15) is 4.79 Å². The first-order valence-corrected chi connectivity index (χ1v) is 14.3. The lowest BCUT2D eigenvalue weighted by Crippen LogP contribution is -2.48. The molecule has 0 saturated carbocycles. The lowest BCUT2D eigenvalue weighted by Gasteiger charge is -2.35. The highest BCUT2D eigenvalue weighted by Gasteiger charge is 2.25. The number of hydrogen-bond acceptors (Lipinski definition) is 8. The van der Waals surface area contributed by atoms with E-state index in [0.717, 1.165) is 52.9 Å². The second-order valence-corrected chi connectivity index (χ2v) is 11.1. The number of rotatable bonds is 5. The molecule has 0 aliphatic carbocycles. The fraction of sp³-hybridized carbons (Fsp3) is 0.258. The summed E-state index contributed by atoms with van der Waals surface area (Å²) in [6.45, 7) is 7.80. The Labute approximate surface area is 247 Å². The molecule has 1 fully saturated rings. The lowest BCUT2D eigenvalue weighted by molar-refractivity contribution is -0.126. The minimum absolute atomic E-state index is 0.0673. The molecule has 0 bridgehead atoms. The highest BCUT2D eigenvalue weighted by Crippen LogP contribution is 2.37. The maximum atomic E-state index is 12.2. The molecular weight excluding hydrogens is 552 g/mol. The number of amides is 1. The molecule has 5 aromatic rings. The number of aromatic amines is 1. The van der Waals surface area contributed by atoms with Crippen LogP contribution in [0.3, 0.4) is 0 Å². The average molecular weight is 581 g/mol. The number of aromatic nitrogens is 5. The third-order valence-electron chi connectivity index (χ3n) is 8.03. The number of piperazine rings is 1. The van der Waals surface area contributed by atoms with Gasteiger partial charge in [0.25, 0.3) is 0 Å². The van der Waals surface area contributed by atoms with Gasteiger partial charge in [0.2, 0.25) is 5.91 Å². The van der Waals surface area contributed by atoms with Crippen LogP contribution in [0.4, 0.5) is 5.82 Å². The van der Waals surface area contributed by atoms with Crippen molar-refractivity contribution in [3.63, 3.8) is 0 Å². The minimum Gasteiger partial charge on any atom is -0.424 e. The summed E-state index contributed by atoms with van der Waals surface area (Å²) >= 11 is 6.68. The molecule has 2 aliphatic heterocycles. The maximum absolute atomic E-state index is 12.2. The molecule has 0 radical (unpaired) electrons. The Kier molecular flexibility index (Phi) is 6.72. The smallest absolute Gasteiger partial charge is 0.326 e. The van der Waals surface area contributed by atoms with Crippen LogP contribution in [0, 0.1) is 0 Å². The molecule has 11 heteroatoms. The topological polar surface area (TPSA) is 103 Å². The summed E-state index contributed by atoms with van der Waals surface area (Å²) in [5.74, 6) is 1.41. The van der Waals surface area contributed by atoms with Gasteiger partial charge in [-0.25, -0.2) is 4.98 Å². The fourth-order valence-electron chi connectivity index (χ4n) is 5.83. The third-order valence-corrected chi connectivity index (χ3v) is 8.34. The third kappa shape index (κ3) is 4.72. The van der Waals surface area contributed by atoms with Crippen molar-refractivity contribution < 1.29 is 9.53 Å². The number of ether oxygens (including phenoxy) is 1. The molecule has 2 aliphatic rings.